The zero-order valence-electron chi connectivity index (χ0n) is 18.3. The molecule has 1 aliphatic rings. The molecule has 0 amide bonds. The second kappa shape index (κ2) is 8.90. The van der Waals surface area contributed by atoms with Crippen LogP contribution in [0.1, 0.15) is 54.8 Å². The van der Waals surface area contributed by atoms with E-state index in [1.807, 2.05) is 6.07 Å². The molecule has 4 rings (SSSR count). The summed E-state index contributed by atoms with van der Waals surface area (Å²) in [6.45, 7) is 3.51. The number of piperidine rings is 1. The molecule has 0 spiro atoms. The number of fused-ring (bicyclic) bond motifs is 1. The fourth-order valence-corrected chi connectivity index (χ4v) is 4.40. The minimum absolute atomic E-state index is 0.0915. The number of nitrogens with zero attached hydrogens (tertiary/aromatic N) is 4. The number of halogens is 3. The van der Waals surface area contributed by atoms with Crippen LogP contribution in [0.3, 0.4) is 0 Å². The average Bonchev–Trinajstić information content (AvgIpc) is 2.76. The summed E-state index contributed by atoms with van der Waals surface area (Å²) >= 11 is 0. The molecule has 0 aliphatic carbocycles. The van der Waals surface area contributed by atoms with Crippen molar-refractivity contribution in [2.75, 3.05) is 25.5 Å². The van der Waals surface area contributed by atoms with Crippen LogP contribution in [0.25, 0.3) is 11.0 Å². The van der Waals surface area contributed by atoms with Gasteiger partial charge in [0.1, 0.15) is 11.5 Å². The zero-order valence-corrected chi connectivity index (χ0v) is 18.3. The van der Waals surface area contributed by atoms with Crippen molar-refractivity contribution in [3.05, 3.63) is 63.3 Å². The van der Waals surface area contributed by atoms with E-state index in [0.29, 0.717) is 5.65 Å². The number of likely N-dealkylation sites (N-methyl/N-ethyl adjacent to an activating group) is 1. The number of rotatable bonds is 5. The van der Waals surface area contributed by atoms with E-state index in [4.69, 9.17) is 0 Å². The number of hydrogen-bond donors (Lipinski definition) is 1. The van der Waals surface area contributed by atoms with Gasteiger partial charge in [-0.15, -0.1) is 0 Å². The van der Waals surface area contributed by atoms with E-state index in [1.54, 1.807) is 20.2 Å². The van der Waals surface area contributed by atoms with Crippen LogP contribution in [-0.2, 0) is 7.05 Å². The monoisotopic (exact) mass is 445 g/mol. The molecule has 0 unspecified atom stereocenters. The summed E-state index contributed by atoms with van der Waals surface area (Å²) in [6, 6.07) is 5.12. The number of nitrogens with one attached hydrogen (secondary N) is 1. The van der Waals surface area contributed by atoms with Crippen LogP contribution in [0.5, 0.6) is 0 Å². The molecule has 0 saturated carbocycles. The number of alkyl halides is 2. The highest BCUT2D eigenvalue weighted by molar-refractivity contribution is 5.76. The highest BCUT2D eigenvalue weighted by Gasteiger charge is 2.24. The third-order valence-electron chi connectivity index (χ3n) is 6.15. The van der Waals surface area contributed by atoms with Gasteiger partial charge < -0.3 is 10.2 Å². The molecule has 2 atom stereocenters. The van der Waals surface area contributed by atoms with Gasteiger partial charge in [0.05, 0.1) is 11.6 Å². The first-order valence-electron chi connectivity index (χ1n) is 10.6. The molecule has 2 aromatic heterocycles. The van der Waals surface area contributed by atoms with Gasteiger partial charge in [0.15, 0.2) is 0 Å². The van der Waals surface area contributed by atoms with Crippen LogP contribution < -0.4 is 10.9 Å². The number of benzene rings is 1. The Labute approximate surface area is 184 Å². The van der Waals surface area contributed by atoms with Crippen molar-refractivity contribution in [1.82, 2.24) is 19.4 Å². The third kappa shape index (κ3) is 4.21. The van der Waals surface area contributed by atoms with Crippen LogP contribution in [-0.4, -0.2) is 39.6 Å². The summed E-state index contributed by atoms with van der Waals surface area (Å²) in [6.07, 6.45) is 0.736. The van der Waals surface area contributed by atoms with Gasteiger partial charge in [-0.3, -0.25) is 9.36 Å². The van der Waals surface area contributed by atoms with E-state index in [9.17, 15) is 18.0 Å². The molecule has 1 aliphatic heterocycles. The largest absolute Gasteiger partial charge is 0.348 e. The Kier molecular flexibility index (Phi) is 6.19. The molecular weight excluding hydrogens is 419 g/mol. The minimum atomic E-state index is -2.90. The summed E-state index contributed by atoms with van der Waals surface area (Å²) < 4.78 is 42.0. The Balaban J connectivity index is 1.64. The first kappa shape index (κ1) is 22.3. The van der Waals surface area contributed by atoms with Gasteiger partial charge in [0.25, 0.3) is 12.0 Å². The topological polar surface area (TPSA) is 63.1 Å². The molecule has 1 saturated heterocycles. The van der Waals surface area contributed by atoms with E-state index in [2.05, 4.69) is 27.2 Å². The van der Waals surface area contributed by atoms with Crippen molar-refractivity contribution >= 4 is 17.0 Å². The maximum absolute atomic E-state index is 14.5. The fourth-order valence-electron chi connectivity index (χ4n) is 4.40. The van der Waals surface area contributed by atoms with Crippen molar-refractivity contribution in [3.63, 3.8) is 0 Å². The lowest BCUT2D eigenvalue weighted by Gasteiger charge is -2.29. The number of aryl methyl sites for hydroxylation is 1. The molecule has 3 heterocycles. The van der Waals surface area contributed by atoms with Crippen LogP contribution in [0.4, 0.5) is 19.1 Å². The first-order valence-corrected chi connectivity index (χ1v) is 10.6. The van der Waals surface area contributed by atoms with Gasteiger partial charge in [-0.1, -0.05) is 18.2 Å². The summed E-state index contributed by atoms with van der Waals surface area (Å²) in [4.78, 5) is 24.0. The van der Waals surface area contributed by atoms with E-state index in [-0.39, 0.29) is 23.0 Å². The molecule has 6 nitrogen and oxygen atoms in total. The molecule has 0 radical (unpaired) electrons. The van der Waals surface area contributed by atoms with Crippen molar-refractivity contribution < 1.29 is 13.2 Å². The molecule has 0 bridgehead atoms. The second-order valence-electron chi connectivity index (χ2n) is 8.45. The Bertz CT molecular complexity index is 1200. The SMILES string of the molecule is C[C@@H](Nc1ncc2cc([C@@H]3CCCN(C)C3)c(=O)n(C)c2n1)c1cccc(C(F)F)c1F. The summed E-state index contributed by atoms with van der Waals surface area (Å²) in [5.74, 6) is -0.593. The van der Waals surface area contributed by atoms with Gasteiger partial charge in [0.2, 0.25) is 5.95 Å². The summed E-state index contributed by atoms with van der Waals surface area (Å²) in [7, 11) is 3.73. The van der Waals surface area contributed by atoms with Crippen LogP contribution in [0.15, 0.2) is 35.3 Å². The predicted molar refractivity (Wildman–Crippen MR) is 118 cm³/mol. The fraction of sp³-hybridized carbons (Fsp3) is 0.435. The second-order valence-corrected chi connectivity index (χ2v) is 8.45. The van der Waals surface area contributed by atoms with Gasteiger partial charge in [0, 0.05) is 42.2 Å². The highest BCUT2D eigenvalue weighted by atomic mass is 19.3. The number of pyridine rings is 1. The Morgan fingerprint density at radius 1 is 1.22 bits per heavy atom. The van der Waals surface area contributed by atoms with E-state index in [1.165, 1.54) is 16.7 Å². The molecule has 32 heavy (non-hydrogen) atoms. The van der Waals surface area contributed by atoms with Crippen molar-refractivity contribution in [2.24, 2.45) is 7.05 Å². The van der Waals surface area contributed by atoms with Gasteiger partial charge >= 0.3 is 0 Å². The molecule has 3 aromatic rings. The number of likely N-dealkylation sites (tertiary alicyclic amines) is 1. The smallest absolute Gasteiger partial charge is 0.266 e. The van der Waals surface area contributed by atoms with Gasteiger partial charge in [-0.2, -0.15) is 4.98 Å². The Morgan fingerprint density at radius 3 is 2.69 bits per heavy atom. The number of hydrogen-bond acceptors (Lipinski definition) is 5. The average molecular weight is 445 g/mol. The summed E-state index contributed by atoms with van der Waals surface area (Å²) in [5, 5.41) is 3.69. The number of anilines is 1. The van der Waals surface area contributed by atoms with Gasteiger partial charge in [-0.05, 0) is 39.4 Å². The molecular formula is C23H26F3N5O. The molecule has 1 aromatic carbocycles. The Morgan fingerprint density at radius 2 is 1.97 bits per heavy atom. The Hall–Kier alpha value is -2.94. The van der Waals surface area contributed by atoms with Crippen molar-refractivity contribution in [1.29, 1.82) is 0 Å². The van der Waals surface area contributed by atoms with Crippen molar-refractivity contribution in [2.45, 2.75) is 38.2 Å². The van der Waals surface area contributed by atoms with Crippen molar-refractivity contribution in [3.8, 4) is 0 Å². The lowest BCUT2D eigenvalue weighted by atomic mass is 9.91. The highest BCUT2D eigenvalue weighted by Crippen LogP contribution is 2.29. The van der Waals surface area contributed by atoms with E-state index < -0.39 is 23.8 Å². The first-order chi connectivity index (χ1) is 15.3. The summed E-state index contributed by atoms with van der Waals surface area (Å²) in [5.41, 5.74) is 0.576. The van der Waals surface area contributed by atoms with Gasteiger partial charge in [-0.25, -0.2) is 18.2 Å². The normalized spacial score (nSPS) is 18.3. The molecule has 170 valence electrons. The van der Waals surface area contributed by atoms with Crippen LogP contribution in [0, 0.1) is 5.82 Å². The lowest BCUT2D eigenvalue weighted by molar-refractivity contribution is 0.146. The molecule has 1 fully saturated rings. The standard InChI is InChI=1S/C23H26F3N5O/c1-13(16-7-4-8-17(19(16)24)20(25)26)28-23-27-11-15-10-18(14-6-5-9-30(2)12-14)22(32)31(3)21(15)29-23/h4,7-8,10-11,13-14,20H,5-6,9,12H2,1-3H3,(H,27,28,29)/t13-,14-/m1/s1. The van der Waals surface area contributed by atoms with E-state index in [0.717, 1.165) is 42.9 Å². The minimum Gasteiger partial charge on any atom is -0.348 e. The lowest BCUT2D eigenvalue weighted by Crippen LogP contribution is -2.34. The maximum atomic E-state index is 14.5. The number of aromatic nitrogens is 3. The van der Waals surface area contributed by atoms with E-state index >= 15 is 0 Å². The third-order valence-corrected chi connectivity index (χ3v) is 6.15. The maximum Gasteiger partial charge on any atom is 0.266 e. The van der Waals surface area contributed by atoms with Crippen LogP contribution >= 0.6 is 0 Å². The van der Waals surface area contributed by atoms with Crippen LogP contribution in [0.2, 0.25) is 0 Å². The molecule has 1 N–H and O–H groups in total. The quantitative estimate of drug-likeness (QED) is 0.631. The predicted octanol–water partition coefficient (Wildman–Crippen LogP) is 4.39. The zero-order chi connectivity index (χ0) is 23.0. The molecule has 9 heteroatoms.